The standard InChI is InChI=1S/C18H23NO3S/c1-4-6-14(19-22-7-5-2)18-15(20)9-13(10-16(18)21)17-8-12(3)11-23-17/h5,8,11,13,20H,2,4,6-7,9-10H2,1,3H3. The molecule has 124 valence electrons. The van der Waals surface area contributed by atoms with E-state index in [2.05, 4.69) is 23.2 Å². The summed E-state index contributed by atoms with van der Waals surface area (Å²) in [5.41, 5.74) is 2.08. The van der Waals surface area contributed by atoms with Crippen molar-refractivity contribution in [3.8, 4) is 0 Å². The van der Waals surface area contributed by atoms with Gasteiger partial charge >= 0.3 is 0 Å². The van der Waals surface area contributed by atoms with Crippen molar-refractivity contribution < 1.29 is 14.7 Å². The predicted octanol–water partition coefficient (Wildman–Crippen LogP) is 4.67. The van der Waals surface area contributed by atoms with Crippen molar-refractivity contribution in [2.45, 2.75) is 45.4 Å². The lowest BCUT2D eigenvalue weighted by molar-refractivity contribution is -0.116. The summed E-state index contributed by atoms with van der Waals surface area (Å²) in [4.78, 5) is 18.9. The van der Waals surface area contributed by atoms with Gasteiger partial charge in [-0.25, -0.2) is 0 Å². The third kappa shape index (κ3) is 4.32. The number of Topliss-reactive ketones (excluding diaryl/α,β-unsaturated/α-hetero) is 1. The van der Waals surface area contributed by atoms with Gasteiger partial charge in [0.05, 0.1) is 11.3 Å². The summed E-state index contributed by atoms with van der Waals surface area (Å²) in [6.45, 7) is 7.90. The Labute approximate surface area is 141 Å². The van der Waals surface area contributed by atoms with Crippen molar-refractivity contribution in [2.24, 2.45) is 5.16 Å². The fraction of sp³-hybridized carbons (Fsp3) is 0.444. The summed E-state index contributed by atoms with van der Waals surface area (Å²) in [5.74, 6) is 0.132. The topological polar surface area (TPSA) is 58.9 Å². The van der Waals surface area contributed by atoms with Gasteiger partial charge in [-0.05, 0) is 30.4 Å². The highest BCUT2D eigenvalue weighted by Gasteiger charge is 2.32. The normalized spacial score (nSPS) is 19.1. The van der Waals surface area contributed by atoms with Crippen LogP contribution in [0.5, 0.6) is 0 Å². The van der Waals surface area contributed by atoms with E-state index in [-0.39, 0.29) is 24.1 Å². The average Bonchev–Trinajstić information content (AvgIpc) is 2.93. The van der Waals surface area contributed by atoms with E-state index in [0.717, 1.165) is 11.3 Å². The summed E-state index contributed by atoms with van der Waals surface area (Å²) in [5, 5.41) is 16.5. The van der Waals surface area contributed by atoms with Crippen molar-refractivity contribution in [1.82, 2.24) is 0 Å². The number of nitrogens with zero attached hydrogens (tertiary/aromatic N) is 1. The summed E-state index contributed by atoms with van der Waals surface area (Å²) >= 11 is 1.64. The number of thiophene rings is 1. The molecule has 5 heteroatoms. The SMILES string of the molecule is C=CCON=C(CCC)C1=C(O)CC(c2cc(C)cs2)CC1=O. The number of hydrogen-bond donors (Lipinski definition) is 1. The molecule has 4 nitrogen and oxygen atoms in total. The summed E-state index contributed by atoms with van der Waals surface area (Å²) in [6.07, 6.45) is 3.91. The lowest BCUT2D eigenvalue weighted by Crippen LogP contribution is -2.23. The summed E-state index contributed by atoms with van der Waals surface area (Å²) < 4.78 is 0. The summed E-state index contributed by atoms with van der Waals surface area (Å²) in [7, 11) is 0. The molecule has 1 atom stereocenters. The number of aliphatic hydroxyl groups is 1. The molecule has 2 rings (SSSR count). The monoisotopic (exact) mass is 333 g/mol. The third-order valence-electron chi connectivity index (χ3n) is 3.73. The molecule has 0 aromatic carbocycles. The number of ketones is 1. The second kappa shape index (κ2) is 8.11. The molecule has 1 unspecified atom stereocenters. The number of carbonyl (C=O) groups is 1. The first kappa shape index (κ1) is 17.5. The van der Waals surface area contributed by atoms with Crippen molar-refractivity contribution in [3.63, 3.8) is 0 Å². The van der Waals surface area contributed by atoms with Gasteiger partial charge in [-0.3, -0.25) is 4.79 Å². The zero-order chi connectivity index (χ0) is 16.8. The van der Waals surface area contributed by atoms with Gasteiger partial charge in [-0.15, -0.1) is 11.3 Å². The van der Waals surface area contributed by atoms with Crippen molar-refractivity contribution in [1.29, 1.82) is 0 Å². The maximum atomic E-state index is 12.6. The quantitative estimate of drug-likeness (QED) is 0.341. The maximum absolute atomic E-state index is 12.6. The Hall–Kier alpha value is -1.88. The largest absolute Gasteiger partial charge is 0.511 e. The van der Waals surface area contributed by atoms with E-state index < -0.39 is 0 Å². The van der Waals surface area contributed by atoms with Gasteiger partial charge in [0.15, 0.2) is 5.78 Å². The molecule has 0 amide bonds. The molecule has 1 aromatic rings. The number of hydrogen-bond acceptors (Lipinski definition) is 5. The number of carbonyl (C=O) groups excluding carboxylic acids is 1. The fourth-order valence-electron chi connectivity index (χ4n) is 2.71. The van der Waals surface area contributed by atoms with Crippen molar-refractivity contribution in [3.05, 3.63) is 45.9 Å². The van der Waals surface area contributed by atoms with Crippen LogP contribution in [0.4, 0.5) is 0 Å². The molecule has 0 aliphatic heterocycles. The second-order valence-corrected chi connectivity index (χ2v) is 6.69. The van der Waals surface area contributed by atoms with E-state index in [1.165, 1.54) is 5.56 Å². The second-order valence-electron chi connectivity index (χ2n) is 5.75. The van der Waals surface area contributed by atoms with Gasteiger partial charge in [0.2, 0.25) is 0 Å². The van der Waals surface area contributed by atoms with Crippen LogP contribution in [0.3, 0.4) is 0 Å². The minimum atomic E-state index is -0.0563. The van der Waals surface area contributed by atoms with Gasteiger partial charge in [-0.1, -0.05) is 31.2 Å². The van der Waals surface area contributed by atoms with Crippen LogP contribution < -0.4 is 0 Å². The van der Waals surface area contributed by atoms with Crippen LogP contribution in [0, 0.1) is 6.92 Å². The van der Waals surface area contributed by atoms with E-state index in [1.807, 2.05) is 13.8 Å². The lowest BCUT2D eigenvalue weighted by Gasteiger charge is -2.23. The number of oxime groups is 1. The molecule has 1 N–H and O–H groups in total. The molecule has 1 aliphatic carbocycles. The average molecular weight is 333 g/mol. The molecule has 23 heavy (non-hydrogen) atoms. The Morgan fingerprint density at radius 1 is 1.57 bits per heavy atom. The first-order valence-corrected chi connectivity index (χ1v) is 8.75. The zero-order valence-corrected chi connectivity index (χ0v) is 14.5. The van der Waals surface area contributed by atoms with Gasteiger partial charge in [0, 0.05) is 23.6 Å². The van der Waals surface area contributed by atoms with E-state index in [0.29, 0.717) is 30.5 Å². The van der Waals surface area contributed by atoms with Crippen LogP contribution in [0.2, 0.25) is 0 Å². The molecule has 0 saturated carbocycles. The highest BCUT2D eigenvalue weighted by molar-refractivity contribution is 7.10. The molecule has 0 saturated heterocycles. The molecular weight excluding hydrogens is 310 g/mol. The molecule has 1 aliphatic rings. The van der Waals surface area contributed by atoms with Crippen LogP contribution in [-0.2, 0) is 9.63 Å². The first-order chi connectivity index (χ1) is 11.1. The summed E-state index contributed by atoms with van der Waals surface area (Å²) in [6, 6.07) is 2.09. The van der Waals surface area contributed by atoms with Crippen molar-refractivity contribution in [2.75, 3.05) is 6.61 Å². The fourth-order valence-corrected chi connectivity index (χ4v) is 3.71. The minimum absolute atomic E-state index is 0.0563. The van der Waals surface area contributed by atoms with Crippen LogP contribution in [0.1, 0.15) is 49.0 Å². The predicted molar refractivity (Wildman–Crippen MR) is 94.2 cm³/mol. The third-order valence-corrected chi connectivity index (χ3v) is 4.95. The Morgan fingerprint density at radius 2 is 2.35 bits per heavy atom. The maximum Gasteiger partial charge on any atom is 0.168 e. The molecular formula is C18H23NO3S. The van der Waals surface area contributed by atoms with E-state index in [9.17, 15) is 9.90 Å². The van der Waals surface area contributed by atoms with Crippen LogP contribution in [0.25, 0.3) is 0 Å². The number of aryl methyl sites for hydroxylation is 1. The van der Waals surface area contributed by atoms with Gasteiger partial charge in [0.1, 0.15) is 12.4 Å². The zero-order valence-electron chi connectivity index (χ0n) is 13.7. The smallest absolute Gasteiger partial charge is 0.168 e. The molecule has 1 aromatic heterocycles. The van der Waals surface area contributed by atoms with Gasteiger partial charge in [-0.2, -0.15) is 0 Å². The van der Waals surface area contributed by atoms with Gasteiger partial charge in [0.25, 0.3) is 0 Å². The highest BCUT2D eigenvalue weighted by atomic mass is 32.1. The van der Waals surface area contributed by atoms with Crippen LogP contribution in [-0.4, -0.2) is 23.2 Å². The Bertz CT molecular complexity index is 642. The number of aliphatic hydroxyl groups excluding tert-OH is 1. The van der Waals surface area contributed by atoms with Crippen molar-refractivity contribution >= 4 is 22.8 Å². The van der Waals surface area contributed by atoms with Gasteiger partial charge < -0.3 is 9.94 Å². The molecule has 0 spiro atoms. The van der Waals surface area contributed by atoms with Crippen LogP contribution in [0.15, 0.2) is 40.6 Å². The lowest BCUT2D eigenvalue weighted by atomic mass is 9.83. The number of allylic oxidation sites excluding steroid dienone is 2. The number of rotatable bonds is 7. The molecule has 1 heterocycles. The van der Waals surface area contributed by atoms with E-state index in [1.54, 1.807) is 17.4 Å². The first-order valence-electron chi connectivity index (χ1n) is 7.87. The molecule has 0 bridgehead atoms. The van der Waals surface area contributed by atoms with E-state index in [4.69, 9.17) is 4.84 Å². The van der Waals surface area contributed by atoms with Crippen LogP contribution >= 0.6 is 11.3 Å². The van der Waals surface area contributed by atoms with E-state index >= 15 is 0 Å². The molecule has 0 radical (unpaired) electrons. The Kier molecular flexibility index (Phi) is 6.16. The minimum Gasteiger partial charge on any atom is -0.511 e. The Morgan fingerprint density at radius 3 is 2.91 bits per heavy atom. The molecule has 0 fully saturated rings. The highest BCUT2D eigenvalue weighted by Crippen LogP contribution is 2.37. The Balaban J connectivity index is 2.24.